The Kier molecular flexibility index (Phi) is 5.48. The van der Waals surface area contributed by atoms with Gasteiger partial charge in [-0.1, -0.05) is 0 Å². The zero-order chi connectivity index (χ0) is 8.36. The lowest BCUT2D eigenvalue weighted by molar-refractivity contribution is -0.150. The molecule has 4 nitrogen and oxygen atoms in total. The summed E-state index contributed by atoms with van der Waals surface area (Å²) in [5.41, 5.74) is 4.09. The van der Waals surface area contributed by atoms with Crippen molar-refractivity contribution in [3.63, 3.8) is 0 Å². The van der Waals surface area contributed by atoms with Gasteiger partial charge in [-0.25, -0.2) is 4.79 Å². The third-order valence-corrected chi connectivity index (χ3v) is 1.49. The highest BCUT2D eigenvalue weighted by Gasteiger charge is 2.34. The number of aliphatic hydroxyl groups is 1. The second kappa shape index (κ2) is 4.54. The van der Waals surface area contributed by atoms with Gasteiger partial charge in [0.25, 0.3) is 0 Å². The Bertz CT molecular complexity index is 136. The van der Waals surface area contributed by atoms with Crippen molar-refractivity contribution in [2.24, 2.45) is 5.73 Å². The lowest BCUT2D eigenvalue weighted by Gasteiger charge is -2.23. The summed E-state index contributed by atoms with van der Waals surface area (Å²) in [4.78, 5) is 10.8. The van der Waals surface area contributed by atoms with Crippen LogP contribution in [0.15, 0.2) is 0 Å². The van der Waals surface area contributed by atoms with E-state index in [9.17, 15) is 4.79 Å². The number of nitrogens with two attached hydrogens (primary N) is 1. The number of rotatable bonds is 2. The zero-order valence-electron chi connectivity index (χ0n) is 6.83. The fourth-order valence-corrected chi connectivity index (χ4v) is 0.390. The van der Waals surface area contributed by atoms with Gasteiger partial charge in [0.1, 0.15) is 5.54 Å². The number of hydrogen-bond donors (Lipinski definition) is 2. The number of hydrogen-bond acceptors (Lipinski definition) is 4. The molecule has 0 spiro atoms. The van der Waals surface area contributed by atoms with E-state index in [0.29, 0.717) is 0 Å². The van der Waals surface area contributed by atoms with Crippen LogP contribution in [-0.2, 0) is 9.53 Å². The molecule has 2 atom stereocenters. The number of aliphatic hydroxyl groups excluding tert-OH is 1. The molecule has 0 aromatic carbocycles. The molecule has 0 aliphatic heterocycles. The second-order valence-electron chi connectivity index (χ2n) is 2.45. The summed E-state index contributed by atoms with van der Waals surface area (Å²) in [6.07, 6.45) is -0.903. The summed E-state index contributed by atoms with van der Waals surface area (Å²) in [6, 6.07) is 0. The average molecular weight is 184 g/mol. The maximum atomic E-state index is 10.8. The van der Waals surface area contributed by atoms with E-state index >= 15 is 0 Å². The Morgan fingerprint density at radius 2 is 2.09 bits per heavy atom. The molecule has 0 aliphatic carbocycles. The van der Waals surface area contributed by atoms with Crippen molar-refractivity contribution in [1.29, 1.82) is 0 Å². The molecule has 0 aliphatic rings. The smallest absolute Gasteiger partial charge is 0.328 e. The van der Waals surface area contributed by atoms with Gasteiger partial charge in [0.2, 0.25) is 0 Å². The van der Waals surface area contributed by atoms with Gasteiger partial charge in [-0.2, -0.15) is 0 Å². The Labute approximate surface area is 72.1 Å². The summed E-state index contributed by atoms with van der Waals surface area (Å²) < 4.78 is 4.35. The van der Waals surface area contributed by atoms with Crippen molar-refractivity contribution in [3.8, 4) is 0 Å². The van der Waals surface area contributed by atoms with E-state index in [4.69, 9.17) is 10.8 Å². The molecule has 68 valence electrons. The molecule has 0 rings (SSSR count). The molecule has 0 heterocycles. The molecule has 5 heteroatoms. The van der Waals surface area contributed by atoms with Crippen molar-refractivity contribution >= 4 is 18.4 Å². The lowest BCUT2D eigenvalue weighted by Crippen LogP contribution is -2.54. The number of esters is 1. The molecule has 0 aromatic rings. The van der Waals surface area contributed by atoms with Crippen LogP contribution in [0.1, 0.15) is 13.8 Å². The van der Waals surface area contributed by atoms with Gasteiger partial charge in [0, 0.05) is 0 Å². The minimum atomic E-state index is -1.30. The second-order valence-corrected chi connectivity index (χ2v) is 2.45. The minimum absolute atomic E-state index is 0. The Hall–Kier alpha value is -0.320. The molecule has 2 unspecified atom stereocenters. The fraction of sp³-hybridized carbons (Fsp3) is 0.833. The van der Waals surface area contributed by atoms with Gasteiger partial charge in [0.15, 0.2) is 0 Å². The van der Waals surface area contributed by atoms with Crippen LogP contribution in [0, 0.1) is 0 Å². The quantitative estimate of drug-likeness (QED) is 0.576. The van der Waals surface area contributed by atoms with E-state index in [1.807, 2.05) is 0 Å². The largest absolute Gasteiger partial charge is 0.468 e. The number of ether oxygens (including phenoxy) is 1. The molecule has 0 saturated heterocycles. The van der Waals surface area contributed by atoms with E-state index in [1.165, 1.54) is 21.0 Å². The van der Waals surface area contributed by atoms with E-state index in [0.717, 1.165) is 0 Å². The first-order valence-electron chi connectivity index (χ1n) is 2.98. The molecule has 0 saturated carbocycles. The van der Waals surface area contributed by atoms with Crippen molar-refractivity contribution in [1.82, 2.24) is 0 Å². The minimum Gasteiger partial charge on any atom is -0.468 e. The van der Waals surface area contributed by atoms with E-state index in [2.05, 4.69) is 4.74 Å². The van der Waals surface area contributed by atoms with Crippen LogP contribution in [0.3, 0.4) is 0 Å². The monoisotopic (exact) mass is 183 g/mol. The van der Waals surface area contributed by atoms with Gasteiger partial charge in [0.05, 0.1) is 13.2 Å². The first kappa shape index (κ1) is 13.3. The molecule has 0 amide bonds. The van der Waals surface area contributed by atoms with Gasteiger partial charge in [-0.15, -0.1) is 12.4 Å². The number of halogens is 1. The molecule has 0 fully saturated rings. The van der Waals surface area contributed by atoms with Gasteiger partial charge >= 0.3 is 5.97 Å². The van der Waals surface area contributed by atoms with Crippen LogP contribution in [0.5, 0.6) is 0 Å². The molecule has 0 radical (unpaired) electrons. The number of carbonyl (C=O) groups excluding carboxylic acids is 1. The van der Waals surface area contributed by atoms with Gasteiger partial charge < -0.3 is 15.6 Å². The molecule has 0 bridgehead atoms. The number of methoxy groups -OCH3 is 1. The van der Waals surface area contributed by atoms with Crippen LogP contribution in [0.25, 0.3) is 0 Å². The van der Waals surface area contributed by atoms with Crippen LogP contribution in [0.2, 0.25) is 0 Å². The zero-order valence-corrected chi connectivity index (χ0v) is 7.64. The topological polar surface area (TPSA) is 72.5 Å². The first-order chi connectivity index (χ1) is 4.42. The van der Waals surface area contributed by atoms with Crippen molar-refractivity contribution in [2.75, 3.05) is 7.11 Å². The maximum absolute atomic E-state index is 10.8. The SMILES string of the molecule is COC(=O)C(C)(N)C(C)O.Cl. The van der Waals surface area contributed by atoms with Crippen molar-refractivity contribution in [3.05, 3.63) is 0 Å². The predicted molar refractivity (Wildman–Crippen MR) is 43.5 cm³/mol. The fourth-order valence-electron chi connectivity index (χ4n) is 0.390. The Balaban J connectivity index is 0. The highest BCUT2D eigenvalue weighted by atomic mass is 35.5. The van der Waals surface area contributed by atoms with Crippen LogP contribution in [0.4, 0.5) is 0 Å². The standard InChI is InChI=1S/C6H13NO3.ClH/c1-4(8)6(2,7)5(9)10-3;/h4,8H,7H2,1-3H3;1H. The summed E-state index contributed by atoms with van der Waals surface area (Å²) in [6.45, 7) is 2.86. The highest BCUT2D eigenvalue weighted by molar-refractivity contribution is 5.85. The first-order valence-corrected chi connectivity index (χ1v) is 2.98. The summed E-state index contributed by atoms with van der Waals surface area (Å²) >= 11 is 0. The van der Waals surface area contributed by atoms with E-state index < -0.39 is 17.6 Å². The van der Waals surface area contributed by atoms with Crippen molar-refractivity contribution in [2.45, 2.75) is 25.5 Å². The van der Waals surface area contributed by atoms with Crippen LogP contribution >= 0.6 is 12.4 Å². The Morgan fingerprint density at radius 1 is 1.73 bits per heavy atom. The molecule has 11 heavy (non-hydrogen) atoms. The lowest BCUT2D eigenvalue weighted by atomic mass is 9.98. The molecule has 0 aromatic heterocycles. The van der Waals surface area contributed by atoms with E-state index in [1.54, 1.807) is 0 Å². The molecular formula is C6H14ClNO3. The summed E-state index contributed by atoms with van der Waals surface area (Å²) in [5, 5.41) is 8.96. The van der Waals surface area contributed by atoms with Crippen LogP contribution in [-0.4, -0.2) is 29.8 Å². The van der Waals surface area contributed by atoms with Crippen LogP contribution < -0.4 is 5.73 Å². The number of carbonyl (C=O) groups is 1. The van der Waals surface area contributed by atoms with Gasteiger partial charge in [-0.3, -0.25) is 0 Å². The summed E-state index contributed by atoms with van der Waals surface area (Å²) in [5.74, 6) is -0.609. The molecule has 3 N–H and O–H groups in total. The maximum Gasteiger partial charge on any atom is 0.328 e. The predicted octanol–water partition coefficient (Wildman–Crippen LogP) is -0.321. The highest BCUT2D eigenvalue weighted by Crippen LogP contribution is 2.06. The Morgan fingerprint density at radius 3 is 2.18 bits per heavy atom. The van der Waals surface area contributed by atoms with Gasteiger partial charge in [-0.05, 0) is 13.8 Å². The van der Waals surface area contributed by atoms with E-state index in [-0.39, 0.29) is 12.4 Å². The van der Waals surface area contributed by atoms with Crippen molar-refractivity contribution < 1.29 is 14.6 Å². The summed E-state index contributed by atoms with van der Waals surface area (Å²) in [7, 11) is 1.23. The average Bonchev–Trinajstić information content (AvgIpc) is 1.86. The normalized spacial score (nSPS) is 17.5. The molecular weight excluding hydrogens is 170 g/mol. The third-order valence-electron chi connectivity index (χ3n) is 1.49. The third kappa shape index (κ3) is 3.05.